The van der Waals surface area contributed by atoms with E-state index in [0.29, 0.717) is 11.3 Å². The van der Waals surface area contributed by atoms with Gasteiger partial charge in [0, 0.05) is 15.4 Å². The summed E-state index contributed by atoms with van der Waals surface area (Å²) in [6.45, 7) is 1.84. The zero-order chi connectivity index (χ0) is 18.8. The minimum Gasteiger partial charge on any atom is -0.508 e. The number of carbonyl (C=O) groups is 1. The minimum atomic E-state index is -0.370. The van der Waals surface area contributed by atoms with Gasteiger partial charge in [0.15, 0.2) is 0 Å². The van der Waals surface area contributed by atoms with Crippen LogP contribution in [0.5, 0.6) is 5.75 Å². The van der Waals surface area contributed by atoms with Crippen molar-refractivity contribution in [3.63, 3.8) is 0 Å². The maximum absolute atomic E-state index is 12.2. The molecular weight excluding hydrogens is 358 g/mol. The number of phenolic OH excluding ortho intramolecular Hbond substituents is 1. The van der Waals surface area contributed by atoms with Gasteiger partial charge >= 0.3 is 0 Å². The first-order valence-corrected chi connectivity index (χ1v) is 9.24. The van der Waals surface area contributed by atoms with E-state index in [1.165, 1.54) is 17.0 Å². The number of hydrogen-bond acceptors (Lipinski definition) is 5. The molecule has 0 saturated carbocycles. The Balaban J connectivity index is 1.52. The van der Waals surface area contributed by atoms with Crippen LogP contribution >= 0.6 is 11.8 Å². The highest BCUT2D eigenvalue weighted by molar-refractivity contribution is 7.99. The highest BCUT2D eigenvalue weighted by atomic mass is 32.2. The van der Waals surface area contributed by atoms with Crippen molar-refractivity contribution in [3.05, 3.63) is 77.9 Å². The third-order valence-electron chi connectivity index (χ3n) is 4.21. The van der Waals surface area contributed by atoms with E-state index >= 15 is 0 Å². The van der Waals surface area contributed by atoms with Gasteiger partial charge in [-0.2, -0.15) is 5.10 Å². The number of phenols is 1. The van der Waals surface area contributed by atoms with E-state index in [1.807, 2.05) is 43.3 Å². The Hall–Kier alpha value is -3.25. The van der Waals surface area contributed by atoms with Crippen LogP contribution in [-0.4, -0.2) is 16.7 Å². The average Bonchev–Trinajstić information content (AvgIpc) is 2.69. The Morgan fingerprint density at radius 1 is 0.963 bits per heavy atom. The largest absolute Gasteiger partial charge is 0.508 e. The smallest absolute Gasteiger partial charge is 0.271 e. The van der Waals surface area contributed by atoms with Crippen molar-refractivity contribution in [2.75, 3.05) is 5.32 Å². The molecule has 0 unspecified atom stereocenters. The molecule has 1 heterocycles. The minimum absolute atomic E-state index is 0.0434. The van der Waals surface area contributed by atoms with Crippen LogP contribution in [0.2, 0.25) is 0 Å². The van der Waals surface area contributed by atoms with Crippen molar-refractivity contribution in [2.45, 2.75) is 16.7 Å². The molecule has 5 nitrogen and oxygen atoms in total. The Bertz CT molecular complexity index is 1060. The fraction of sp³-hybridized carbons (Fsp3) is 0.0476. The number of aromatic hydroxyl groups is 1. The summed E-state index contributed by atoms with van der Waals surface area (Å²) in [4.78, 5) is 14.5. The molecule has 0 spiro atoms. The lowest BCUT2D eigenvalue weighted by atomic mass is 10.1. The number of para-hydroxylation sites is 1. The summed E-state index contributed by atoms with van der Waals surface area (Å²) < 4.78 is 0. The van der Waals surface area contributed by atoms with Gasteiger partial charge in [0.2, 0.25) is 0 Å². The SMILES string of the molecule is C/C(=N/NC(=O)c1cccc(O)c1)c1ccc2c(c1)Nc1ccccc1S2. The summed E-state index contributed by atoms with van der Waals surface area (Å²) in [6.07, 6.45) is 0. The Kier molecular flexibility index (Phi) is 4.56. The van der Waals surface area contributed by atoms with Gasteiger partial charge in [0.25, 0.3) is 5.91 Å². The van der Waals surface area contributed by atoms with Gasteiger partial charge in [-0.1, -0.05) is 36.0 Å². The van der Waals surface area contributed by atoms with E-state index in [-0.39, 0.29) is 11.7 Å². The van der Waals surface area contributed by atoms with Crippen LogP contribution < -0.4 is 10.7 Å². The molecule has 3 aromatic carbocycles. The van der Waals surface area contributed by atoms with Crippen LogP contribution in [0.3, 0.4) is 0 Å². The van der Waals surface area contributed by atoms with Gasteiger partial charge in [-0.05, 0) is 55.0 Å². The van der Waals surface area contributed by atoms with Gasteiger partial charge in [-0.25, -0.2) is 5.43 Å². The lowest BCUT2D eigenvalue weighted by molar-refractivity contribution is 0.0954. The predicted octanol–water partition coefficient (Wildman–Crippen LogP) is 4.75. The second-order valence-corrected chi connectivity index (χ2v) is 7.21. The van der Waals surface area contributed by atoms with Gasteiger partial charge < -0.3 is 10.4 Å². The van der Waals surface area contributed by atoms with E-state index in [9.17, 15) is 9.90 Å². The Morgan fingerprint density at radius 3 is 2.63 bits per heavy atom. The van der Waals surface area contributed by atoms with E-state index in [4.69, 9.17) is 0 Å². The first-order valence-electron chi connectivity index (χ1n) is 8.42. The molecule has 0 radical (unpaired) electrons. The predicted molar refractivity (Wildman–Crippen MR) is 108 cm³/mol. The number of amides is 1. The summed E-state index contributed by atoms with van der Waals surface area (Å²) in [5, 5.41) is 17.1. The number of carbonyl (C=O) groups excluding carboxylic acids is 1. The molecule has 0 aliphatic carbocycles. The zero-order valence-corrected chi connectivity index (χ0v) is 15.4. The molecule has 1 aliphatic heterocycles. The number of fused-ring (bicyclic) bond motifs is 2. The maximum Gasteiger partial charge on any atom is 0.271 e. The van der Waals surface area contributed by atoms with Gasteiger partial charge in [0.1, 0.15) is 5.75 Å². The molecule has 0 saturated heterocycles. The van der Waals surface area contributed by atoms with Gasteiger partial charge in [-0.3, -0.25) is 4.79 Å². The monoisotopic (exact) mass is 375 g/mol. The second-order valence-electron chi connectivity index (χ2n) is 6.12. The molecule has 1 aliphatic rings. The number of rotatable bonds is 3. The van der Waals surface area contributed by atoms with E-state index in [2.05, 4.69) is 21.9 Å². The molecule has 0 aromatic heterocycles. The fourth-order valence-electron chi connectivity index (χ4n) is 2.78. The highest BCUT2D eigenvalue weighted by Crippen LogP contribution is 2.44. The van der Waals surface area contributed by atoms with Crippen molar-refractivity contribution in [3.8, 4) is 5.75 Å². The lowest BCUT2D eigenvalue weighted by Crippen LogP contribution is -2.19. The summed E-state index contributed by atoms with van der Waals surface area (Å²) in [7, 11) is 0. The first-order chi connectivity index (χ1) is 13.1. The van der Waals surface area contributed by atoms with E-state index < -0.39 is 0 Å². The summed E-state index contributed by atoms with van der Waals surface area (Å²) in [5.41, 5.74) is 6.59. The quantitative estimate of drug-likeness (QED) is 0.357. The molecule has 3 N–H and O–H groups in total. The van der Waals surface area contributed by atoms with Crippen molar-refractivity contribution >= 4 is 34.8 Å². The van der Waals surface area contributed by atoms with Gasteiger partial charge in [0.05, 0.1) is 17.1 Å². The van der Waals surface area contributed by atoms with Crippen LogP contribution in [-0.2, 0) is 0 Å². The molecule has 3 aromatic rings. The molecule has 134 valence electrons. The standard InChI is InChI=1S/C21H17N3O2S/c1-13(23-24-21(26)15-5-4-6-16(25)11-15)14-9-10-20-18(12-14)22-17-7-2-3-8-19(17)27-20/h2-12,22,25H,1H3,(H,24,26)/b23-13-. The highest BCUT2D eigenvalue weighted by Gasteiger charge is 2.16. The molecule has 27 heavy (non-hydrogen) atoms. The summed E-state index contributed by atoms with van der Waals surface area (Å²) >= 11 is 1.72. The second kappa shape index (κ2) is 7.17. The van der Waals surface area contributed by atoms with Crippen molar-refractivity contribution in [1.29, 1.82) is 0 Å². The van der Waals surface area contributed by atoms with Crippen LogP contribution in [0.25, 0.3) is 0 Å². The molecule has 4 rings (SSSR count). The molecule has 0 bridgehead atoms. The molecule has 1 amide bonds. The maximum atomic E-state index is 12.2. The molecule has 6 heteroatoms. The number of nitrogens with one attached hydrogen (secondary N) is 2. The number of hydrazone groups is 1. The summed E-state index contributed by atoms with van der Waals surface area (Å²) in [6, 6.07) is 20.4. The van der Waals surface area contributed by atoms with E-state index in [0.717, 1.165) is 21.8 Å². The van der Waals surface area contributed by atoms with Crippen LogP contribution in [0.15, 0.2) is 81.6 Å². The lowest BCUT2D eigenvalue weighted by Gasteiger charge is -2.21. The Labute approximate surface area is 161 Å². The zero-order valence-electron chi connectivity index (χ0n) is 14.6. The topological polar surface area (TPSA) is 73.7 Å². The van der Waals surface area contributed by atoms with Crippen molar-refractivity contribution < 1.29 is 9.90 Å². The van der Waals surface area contributed by atoms with Crippen molar-refractivity contribution in [1.82, 2.24) is 5.43 Å². The van der Waals surface area contributed by atoms with Gasteiger partial charge in [-0.15, -0.1) is 0 Å². The normalized spacial score (nSPS) is 12.6. The third kappa shape index (κ3) is 3.66. The van der Waals surface area contributed by atoms with Crippen LogP contribution in [0.1, 0.15) is 22.8 Å². The average molecular weight is 375 g/mol. The molecule has 0 atom stereocenters. The van der Waals surface area contributed by atoms with Crippen molar-refractivity contribution in [2.24, 2.45) is 5.10 Å². The molecular formula is C21H17N3O2S. The molecule has 0 fully saturated rings. The number of anilines is 2. The van der Waals surface area contributed by atoms with E-state index in [1.54, 1.807) is 23.9 Å². The number of benzene rings is 3. The summed E-state index contributed by atoms with van der Waals surface area (Å²) in [5.74, 6) is -0.326. The fourth-order valence-corrected chi connectivity index (χ4v) is 3.74. The van der Waals surface area contributed by atoms with Crippen LogP contribution in [0.4, 0.5) is 11.4 Å². The third-order valence-corrected chi connectivity index (χ3v) is 5.36. The Morgan fingerprint density at radius 2 is 1.78 bits per heavy atom. The number of nitrogens with zero attached hydrogens (tertiary/aromatic N) is 1. The van der Waals surface area contributed by atoms with Crippen LogP contribution in [0, 0.1) is 0 Å². The first kappa shape index (κ1) is 17.2. The number of hydrogen-bond donors (Lipinski definition) is 3.